The Morgan fingerprint density at radius 3 is 2.75 bits per heavy atom. The van der Waals surface area contributed by atoms with Crippen LogP contribution in [0.5, 0.6) is 5.75 Å². The third kappa shape index (κ3) is 1.60. The molecule has 16 heavy (non-hydrogen) atoms. The van der Waals surface area contributed by atoms with Crippen LogP contribution in [0.1, 0.15) is 20.3 Å². The van der Waals surface area contributed by atoms with E-state index >= 15 is 0 Å². The van der Waals surface area contributed by atoms with Gasteiger partial charge in [0.15, 0.2) is 0 Å². The van der Waals surface area contributed by atoms with Gasteiger partial charge in [0, 0.05) is 6.07 Å². The molecule has 86 valence electrons. The molecular formula is C12H16N2O2. The van der Waals surface area contributed by atoms with Crippen LogP contribution >= 0.6 is 0 Å². The average Bonchev–Trinajstić information content (AvgIpc) is 2.30. The van der Waals surface area contributed by atoms with Crippen LogP contribution < -0.4 is 15.4 Å². The average molecular weight is 220 g/mol. The first-order valence-electron chi connectivity index (χ1n) is 5.37. The second-order valence-electron chi connectivity index (χ2n) is 4.18. The van der Waals surface area contributed by atoms with Crippen LogP contribution in [0.15, 0.2) is 18.2 Å². The lowest BCUT2D eigenvalue weighted by Gasteiger charge is -2.35. The maximum absolute atomic E-state index is 11.9. The van der Waals surface area contributed by atoms with Crippen molar-refractivity contribution in [3.63, 3.8) is 0 Å². The maximum Gasteiger partial charge on any atom is 0.249 e. The Balaban J connectivity index is 2.40. The minimum absolute atomic E-state index is 0.00710. The molecule has 2 rings (SSSR count). The molecule has 2 N–H and O–H groups in total. The fraction of sp³-hybridized carbons (Fsp3) is 0.417. The van der Waals surface area contributed by atoms with Gasteiger partial charge in [0.1, 0.15) is 11.3 Å². The molecule has 0 aromatic heterocycles. The number of carbonyl (C=O) groups excluding carboxylic acids is 1. The summed E-state index contributed by atoms with van der Waals surface area (Å²) in [4.78, 5) is 11.9. The number of nitrogens with one attached hydrogen (secondary N) is 2. The van der Waals surface area contributed by atoms with Gasteiger partial charge in [-0.3, -0.25) is 4.79 Å². The van der Waals surface area contributed by atoms with E-state index in [9.17, 15) is 4.79 Å². The molecule has 4 nitrogen and oxygen atoms in total. The van der Waals surface area contributed by atoms with E-state index < -0.39 is 5.54 Å². The summed E-state index contributed by atoms with van der Waals surface area (Å²) in [7, 11) is 1.63. The SMILES string of the molecule is CCC1(C)Nc2cc(OC)ccc2NC1=O. The van der Waals surface area contributed by atoms with E-state index in [1.54, 1.807) is 7.11 Å². The Hall–Kier alpha value is -1.71. The second kappa shape index (κ2) is 3.70. The fourth-order valence-electron chi connectivity index (χ4n) is 1.73. The molecule has 0 radical (unpaired) electrons. The number of hydrogen-bond donors (Lipinski definition) is 2. The molecule has 1 unspecified atom stereocenters. The first-order chi connectivity index (χ1) is 7.59. The Kier molecular flexibility index (Phi) is 2.50. The van der Waals surface area contributed by atoms with E-state index in [2.05, 4.69) is 10.6 Å². The van der Waals surface area contributed by atoms with Crippen molar-refractivity contribution in [2.45, 2.75) is 25.8 Å². The number of anilines is 2. The number of amides is 1. The van der Waals surface area contributed by atoms with Crippen LogP contribution in [0.3, 0.4) is 0 Å². The third-order valence-corrected chi connectivity index (χ3v) is 3.09. The van der Waals surface area contributed by atoms with Crippen molar-refractivity contribution < 1.29 is 9.53 Å². The summed E-state index contributed by atoms with van der Waals surface area (Å²) < 4.78 is 5.16. The van der Waals surface area contributed by atoms with Gasteiger partial charge in [-0.15, -0.1) is 0 Å². The van der Waals surface area contributed by atoms with E-state index in [0.29, 0.717) is 0 Å². The van der Waals surface area contributed by atoms with Gasteiger partial charge in [-0.2, -0.15) is 0 Å². The Morgan fingerprint density at radius 1 is 1.38 bits per heavy atom. The van der Waals surface area contributed by atoms with E-state index in [4.69, 9.17) is 4.74 Å². The molecule has 1 heterocycles. The molecule has 4 heteroatoms. The number of hydrogen-bond acceptors (Lipinski definition) is 3. The minimum atomic E-state index is -0.542. The van der Waals surface area contributed by atoms with Crippen LogP contribution in [0, 0.1) is 0 Å². The van der Waals surface area contributed by atoms with Crippen molar-refractivity contribution in [1.82, 2.24) is 0 Å². The topological polar surface area (TPSA) is 50.4 Å². The molecule has 0 fully saturated rings. The van der Waals surface area contributed by atoms with Crippen LogP contribution in [0.25, 0.3) is 0 Å². The summed E-state index contributed by atoms with van der Waals surface area (Å²) in [6.45, 7) is 3.88. The highest BCUT2D eigenvalue weighted by Crippen LogP contribution is 2.34. The first kappa shape index (κ1) is 10.8. The summed E-state index contributed by atoms with van der Waals surface area (Å²) in [6.07, 6.45) is 0.732. The van der Waals surface area contributed by atoms with Crippen molar-refractivity contribution in [3.05, 3.63) is 18.2 Å². The van der Waals surface area contributed by atoms with Gasteiger partial charge < -0.3 is 15.4 Å². The molecule has 0 bridgehead atoms. The Bertz CT molecular complexity index is 431. The minimum Gasteiger partial charge on any atom is -0.497 e. The largest absolute Gasteiger partial charge is 0.497 e. The lowest BCUT2D eigenvalue weighted by atomic mass is 9.94. The molecule has 1 atom stereocenters. The third-order valence-electron chi connectivity index (χ3n) is 3.09. The van der Waals surface area contributed by atoms with Crippen molar-refractivity contribution in [2.75, 3.05) is 17.7 Å². The predicted molar refractivity (Wildman–Crippen MR) is 63.9 cm³/mol. The molecule has 0 spiro atoms. The first-order valence-corrected chi connectivity index (χ1v) is 5.37. The molecule has 1 amide bonds. The number of methoxy groups -OCH3 is 1. The van der Waals surface area contributed by atoms with Crippen LogP contribution in [0.4, 0.5) is 11.4 Å². The highest BCUT2D eigenvalue weighted by molar-refractivity contribution is 6.05. The van der Waals surface area contributed by atoms with Crippen molar-refractivity contribution in [3.8, 4) is 5.75 Å². The normalized spacial score (nSPS) is 23.1. The van der Waals surface area contributed by atoms with Crippen molar-refractivity contribution in [1.29, 1.82) is 0 Å². The highest BCUT2D eigenvalue weighted by atomic mass is 16.5. The molecule has 0 saturated heterocycles. The van der Waals surface area contributed by atoms with E-state index in [-0.39, 0.29) is 5.91 Å². The lowest BCUT2D eigenvalue weighted by Crippen LogP contribution is -2.49. The molecule has 0 aliphatic carbocycles. The molecule has 0 saturated carbocycles. The van der Waals surface area contributed by atoms with Crippen molar-refractivity contribution in [2.24, 2.45) is 0 Å². The zero-order chi connectivity index (χ0) is 11.8. The number of ether oxygens (including phenoxy) is 1. The highest BCUT2D eigenvalue weighted by Gasteiger charge is 2.35. The zero-order valence-electron chi connectivity index (χ0n) is 9.76. The summed E-state index contributed by atoms with van der Waals surface area (Å²) in [5.74, 6) is 0.786. The summed E-state index contributed by atoms with van der Waals surface area (Å²) in [6, 6.07) is 5.56. The van der Waals surface area contributed by atoms with Gasteiger partial charge in [0.25, 0.3) is 0 Å². The zero-order valence-corrected chi connectivity index (χ0v) is 9.76. The molecular weight excluding hydrogens is 204 g/mol. The van der Waals surface area contributed by atoms with Gasteiger partial charge in [0.05, 0.1) is 18.5 Å². The van der Waals surface area contributed by atoms with Crippen LogP contribution in [-0.2, 0) is 4.79 Å². The number of carbonyl (C=O) groups is 1. The molecule has 1 aliphatic heterocycles. The molecule has 1 aliphatic rings. The van der Waals surface area contributed by atoms with Crippen LogP contribution in [-0.4, -0.2) is 18.6 Å². The van der Waals surface area contributed by atoms with Gasteiger partial charge in [0.2, 0.25) is 5.91 Å². The molecule has 1 aromatic rings. The van der Waals surface area contributed by atoms with Gasteiger partial charge in [-0.25, -0.2) is 0 Å². The smallest absolute Gasteiger partial charge is 0.249 e. The lowest BCUT2D eigenvalue weighted by molar-refractivity contribution is -0.120. The predicted octanol–water partition coefficient (Wildman–Crippen LogP) is 2.23. The van der Waals surface area contributed by atoms with E-state index in [1.165, 1.54) is 0 Å². The second-order valence-corrected chi connectivity index (χ2v) is 4.18. The monoisotopic (exact) mass is 220 g/mol. The molecule has 1 aromatic carbocycles. The van der Waals surface area contributed by atoms with Gasteiger partial charge in [-0.05, 0) is 25.5 Å². The number of fused-ring (bicyclic) bond motifs is 1. The summed E-state index contributed by atoms with van der Waals surface area (Å²) >= 11 is 0. The van der Waals surface area contributed by atoms with Crippen molar-refractivity contribution >= 4 is 17.3 Å². The van der Waals surface area contributed by atoms with E-state index in [0.717, 1.165) is 23.5 Å². The maximum atomic E-state index is 11.9. The standard InChI is InChI=1S/C12H16N2O2/c1-4-12(2)11(15)13-9-6-5-8(16-3)7-10(9)14-12/h5-7,14H,4H2,1-3H3,(H,13,15). The van der Waals surface area contributed by atoms with Gasteiger partial charge in [-0.1, -0.05) is 6.92 Å². The summed E-state index contributed by atoms with van der Waals surface area (Å²) in [5, 5.41) is 6.15. The van der Waals surface area contributed by atoms with Crippen LogP contribution in [0.2, 0.25) is 0 Å². The van der Waals surface area contributed by atoms with E-state index in [1.807, 2.05) is 32.0 Å². The Morgan fingerprint density at radius 2 is 2.12 bits per heavy atom. The number of benzene rings is 1. The quantitative estimate of drug-likeness (QED) is 0.803. The fourth-order valence-corrected chi connectivity index (χ4v) is 1.73. The summed E-state index contributed by atoms with van der Waals surface area (Å²) in [5.41, 5.74) is 1.17. The Labute approximate surface area is 95.0 Å². The van der Waals surface area contributed by atoms with Gasteiger partial charge >= 0.3 is 0 Å². The number of rotatable bonds is 2.